The highest BCUT2D eigenvalue weighted by atomic mass is 16.5. The predicted molar refractivity (Wildman–Crippen MR) is 115 cm³/mol. The molecule has 0 aliphatic carbocycles. The Balaban J connectivity index is 1.70. The number of amides is 2. The summed E-state index contributed by atoms with van der Waals surface area (Å²) in [7, 11) is 0. The highest BCUT2D eigenvalue weighted by molar-refractivity contribution is 5.86. The molecule has 162 valence electrons. The van der Waals surface area contributed by atoms with Gasteiger partial charge in [-0.05, 0) is 43.9 Å². The highest BCUT2D eigenvalue weighted by Crippen LogP contribution is 2.17. The summed E-state index contributed by atoms with van der Waals surface area (Å²) < 4.78 is 11.2. The van der Waals surface area contributed by atoms with Crippen molar-refractivity contribution in [1.82, 2.24) is 9.80 Å². The lowest BCUT2D eigenvalue weighted by atomic mass is 10.1. The molecule has 2 amide bonds. The number of hydrogen-bond acceptors (Lipinski definition) is 4. The van der Waals surface area contributed by atoms with Crippen LogP contribution in [0.25, 0.3) is 0 Å². The Kier molecular flexibility index (Phi) is 8.08. The van der Waals surface area contributed by atoms with E-state index in [0.717, 1.165) is 37.2 Å². The quantitative estimate of drug-likeness (QED) is 0.598. The van der Waals surface area contributed by atoms with Crippen LogP contribution in [-0.2, 0) is 27.3 Å². The predicted octanol–water partition coefficient (Wildman–Crippen LogP) is 3.66. The van der Waals surface area contributed by atoms with Crippen molar-refractivity contribution in [3.63, 3.8) is 0 Å². The van der Waals surface area contributed by atoms with Crippen LogP contribution in [0.4, 0.5) is 0 Å². The van der Waals surface area contributed by atoms with Gasteiger partial charge in [0.1, 0.15) is 12.3 Å². The molecule has 6 heteroatoms. The lowest BCUT2D eigenvalue weighted by Gasteiger charge is -2.32. The van der Waals surface area contributed by atoms with Gasteiger partial charge < -0.3 is 19.0 Å². The molecule has 1 aliphatic rings. The molecule has 2 aromatic rings. The molecule has 0 spiro atoms. The molecule has 1 aromatic carbocycles. The van der Waals surface area contributed by atoms with Gasteiger partial charge in [0.25, 0.3) is 0 Å². The van der Waals surface area contributed by atoms with Gasteiger partial charge in [0.2, 0.25) is 11.8 Å². The Hall–Kier alpha value is -2.60. The van der Waals surface area contributed by atoms with Crippen LogP contribution in [0.15, 0.2) is 53.1 Å². The number of hydrogen-bond donors (Lipinski definition) is 0. The smallest absolute Gasteiger partial charge is 0.242 e. The number of benzene rings is 1. The molecule has 30 heavy (non-hydrogen) atoms. The van der Waals surface area contributed by atoms with Crippen molar-refractivity contribution in [1.29, 1.82) is 0 Å². The third-order valence-electron chi connectivity index (χ3n) is 5.67. The maximum absolute atomic E-state index is 13.3. The van der Waals surface area contributed by atoms with E-state index in [2.05, 4.69) is 0 Å². The van der Waals surface area contributed by atoms with Crippen molar-refractivity contribution in [2.75, 3.05) is 19.7 Å². The third-order valence-corrected chi connectivity index (χ3v) is 5.67. The summed E-state index contributed by atoms with van der Waals surface area (Å²) in [6.07, 6.45) is 4.70. The lowest BCUT2D eigenvalue weighted by Crippen LogP contribution is -2.48. The largest absolute Gasteiger partial charge is 0.467 e. The number of furan rings is 1. The minimum atomic E-state index is -0.0800. The minimum Gasteiger partial charge on any atom is -0.467 e. The first-order chi connectivity index (χ1) is 14.6. The number of rotatable bonds is 10. The van der Waals surface area contributed by atoms with Crippen LogP contribution in [0.2, 0.25) is 0 Å². The van der Waals surface area contributed by atoms with Crippen molar-refractivity contribution in [3.05, 3.63) is 60.1 Å². The Morgan fingerprint density at radius 2 is 1.93 bits per heavy atom. The van der Waals surface area contributed by atoms with Gasteiger partial charge in [0, 0.05) is 19.2 Å². The summed E-state index contributed by atoms with van der Waals surface area (Å²) >= 11 is 0. The van der Waals surface area contributed by atoms with E-state index in [-0.39, 0.29) is 30.5 Å². The van der Waals surface area contributed by atoms with Crippen LogP contribution < -0.4 is 0 Å². The maximum atomic E-state index is 13.3. The highest BCUT2D eigenvalue weighted by Gasteiger charge is 2.28. The topological polar surface area (TPSA) is 63.0 Å². The average molecular weight is 413 g/mol. The first-order valence-electron chi connectivity index (χ1n) is 10.8. The average Bonchev–Trinajstić information content (AvgIpc) is 3.46. The van der Waals surface area contributed by atoms with Crippen molar-refractivity contribution in [3.8, 4) is 0 Å². The van der Waals surface area contributed by atoms with Crippen LogP contribution in [0.3, 0.4) is 0 Å². The van der Waals surface area contributed by atoms with Gasteiger partial charge in [0.15, 0.2) is 0 Å². The SMILES string of the molecule is CCC(C)N(CC(=O)N(Cc1ccco1)CC1CCCO1)C(=O)Cc1ccccc1. The molecule has 0 N–H and O–H groups in total. The van der Waals surface area contributed by atoms with Crippen molar-refractivity contribution >= 4 is 11.8 Å². The molecule has 1 aromatic heterocycles. The molecule has 1 aliphatic heterocycles. The molecular formula is C24H32N2O4. The molecule has 2 unspecified atom stereocenters. The maximum Gasteiger partial charge on any atom is 0.242 e. The molecule has 0 bridgehead atoms. The van der Waals surface area contributed by atoms with Crippen LogP contribution in [0.1, 0.15) is 44.4 Å². The van der Waals surface area contributed by atoms with Crippen molar-refractivity contribution in [2.24, 2.45) is 0 Å². The second-order valence-corrected chi connectivity index (χ2v) is 7.93. The molecule has 3 rings (SSSR count). The fourth-order valence-corrected chi connectivity index (χ4v) is 3.71. The Labute approximate surface area is 178 Å². The molecule has 2 atom stereocenters. The fourth-order valence-electron chi connectivity index (χ4n) is 3.71. The molecule has 1 fully saturated rings. The van der Waals surface area contributed by atoms with Crippen LogP contribution in [-0.4, -0.2) is 53.5 Å². The van der Waals surface area contributed by atoms with Gasteiger partial charge in [0.05, 0.1) is 25.3 Å². The van der Waals surface area contributed by atoms with E-state index in [0.29, 0.717) is 19.5 Å². The summed E-state index contributed by atoms with van der Waals surface area (Å²) in [4.78, 5) is 29.8. The van der Waals surface area contributed by atoms with Crippen LogP contribution >= 0.6 is 0 Å². The van der Waals surface area contributed by atoms with E-state index in [9.17, 15) is 9.59 Å². The van der Waals surface area contributed by atoms with Crippen LogP contribution in [0, 0.1) is 0 Å². The molecule has 0 saturated carbocycles. The summed E-state index contributed by atoms with van der Waals surface area (Å²) in [5.41, 5.74) is 0.954. The number of nitrogens with zero attached hydrogens (tertiary/aromatic N) is 2. The Bertz CT molecular complexity index is 785. The van der Waals surface area contributed by atoms with Gasteiger partial charge in [-0.3, -0.25) is 9.59 Å². The van der Waals surface area contributed by atoms with Gasteiger partial charge in [-0.1, -0.05) is 37.3 Å². The zero-order valence-electron chi connectivity index (χ0n) is 18.0. The first kappa shape index (κ1) is 22.1. The van der Waals surface area contributed by atoms with E-state index < -0.39 is 0 Å². The van der Waals surface area contributed by atoms with E-state index in [1.807, 2.05) is 56.3 Å². The molecule has 1 saturated heterocycles. The number of ether oxygens (including phenoxy) is 1. The zero-order chi connectivity index (χ0) is 21.3. The summed E-state index contributed by atoms with van der Waals surface area (Å²) in [5.74, 6) is 0.620. The van der Waals surface area contributed by atoms with Gasteiger partial charge in [-0.15, -0.1) is 0 Å². The van der Waals surface area contributed by atoms with Crippen LogP contribution in [0.5, 0.6) is 0 Å². The Morgan fingerprint density at radius 3 is 2.57 bits per heavy atom. The minimum absolute atomic E-state index is 0.0154. The lowest BCUT2D eigenvalue weighted by molar-refractivity contribution is -0.143. The zero-order valence-corrected chi connectivity index (χ0v) is 18.0. The van der Waals surface area contributed by atoms with Gasteiger partial charge in [-0.25, -0.2) is 0 Å². The second kappa shape index (κ2) is 11.0. The monoisotopic (exact) mass is 412 g/mol. The molecule has 2 heterocycles. The molecular weight excluding hydrogens is 380 g/mol. The van der Waals surface area contributed by atoms with E-state index >= 15 is 0 Å². The third kappa shape index (κ3) is 6.20. The first-order valence-corrected chi connectivity index (χ1v) is 10.8. The summed E-state index contributed by atoms with van der Waals surface area (Å²) in [6, 6.07) is 13.3. The Morgan fingerprint density at radius 1 is 1.13 bits per heavy atom. The summed E-state index contributed by atoms with van der Waals surface area (Å²) in [5, 5.41) is 0. The second-order valence-electron chi connectivity index (χ2n) is 7.93. The number of carbonyl (C=O) groups is 2. The summed E-state index contributed by atoms with van der Waals surface area (Å²) in [6.45, 7) is 5.72. The van der Waals surface area contributed by atoms with Gasteiger partial charge in [-0.2, -0.15) is 0 Å². The van der Waals surface area contributed by atoms with E-state index in [1.54, 1.807) is 16.1 Å². The van der Waals surface area contributed by atoms with Crippen molar-refractivity contribution < 1.29 is 18.7 Å². The normalized spacial score (nSPS) is 16.9. The van der Waals surface area contributed by atoms with E-state index in [1.165, 1.54) is 0 Å². The van der Waals surface area contributed by atoms with Gasteiger partial charge >= 0.3 is 0 Å². The van der Waals surface area contributed by atoms with Crippen molar-refractivity contribution in [2.45, 2.75) is 58.2 Å². The standard InChI is InChI=1S/C24H32N2O4/c1-3-19(2)26(23(27)15-20-9-5-4-6-10-20)18-24(28)25(16-21-11-7-13-29-21)17-22-12-8-14-30-22/h4-7,9-11,13,19,22H,3,8,12,14-18H2,1-2H3. The molecule has 6 nitrogen and oxygen atoms in total. The fraction of sp³-hybridized carbons (Fsp3) is 0.500. The molecule has 0 radical (unpaired) electrons. The number of carbonyl (C=O) groups excluding carboxylic acids is 2. The van der Waals surface area contributed by atoms with E-state index in [4.69, 9.17) is 9.15 Å².